The third-order valence-electron chi connectivity index (χ3n) is 2.81. The van der Waals surface area contributed by atoms with Crippen LogP contribution in [-0.4, -0.2) is 43.2 Å². The Labute approximate surface area is 102 Å². The second-order valence-electron chi connectivity index (χ2n) is 5.66. The minimum absolute atomic E-state index is 0.0554. The van der Waals surface area contributed by atoms with E-state index < -0.39 is 5.60 Å². The molecule has 2 rings (SSSR count). The average Bonchev–Trinajstić information content (AvgIpc) is 2.99. The zero-order valence-corrected chi connectivity index (χ0v) is 10.7. The second-order valence-corrected chi connectivity index (χ2v) is 5.66. The molecule has 5 nitrogen and oxygen atoms in total. The van der Waals surface area contributed by atoms with E-state index in [-0.39, 0.29) is 24.3 Å². The summed E-state index contributed by atoms with van der Waals surface area (Å²) < 4.78 is 16.0. The van der Waals surface area contributed by atoms with E-state index in [0.717, 1.165) is 19.4 Å². The fourth-order valence-electron chi connectivity index (χ4n) is 1.92. The molecule has 2 saturated heterocycles. The Morgan fingerprint density at radius 1 is 1.18 bits per heavy atom. The minimum Gasteiger partial charge on any atom is -0.444 e. The lowest BCUT2D eigenvalue weighted by molar-refractivity contribution is -0.0205. The van der Waals surface area contributed by atoms with Crippen molar-refractivity contribution in [2.24, 2.45) is 0 Å². The summed E-state index contributed by atoms with van der Waals surface area (Å²) in [6.45, 7) is 6.91. The number of nitrogens with one attached hydrogen (secondary N) is 1. The van der Waals surface area contributed by atoms with Crippen molar-refractivity contribution >= 4 is 6.09 Å². The summed E-state index contributed by atoms with van der Waals surface area (Å²) in [5, 5.41) is 2.83. The molecule has 0 saturated carbocycles. The van der Waals surface area contributed by atoms with E-state index in [0.29, 0.717) is 6.61 Å². The molecule has 0 aromatic rings. The summed E-state index contributed by atoms with van der Waals surface area (Å²) in [5.41, 5.74) is -0.454. The molecule has 0 aromatic heterocycles. The molecule has 0 spiro atoms. The molecule has 2 aliphatic heterocycles. The largest absolute Gasteiger partial charge is 0.444 e. The highest BCUT2D eigenvalue weighted by atomic mass is 16.6. The molecule has 1 N–H and O–H groups in total. The van der Waals surface area contributed by atoms with Crippen LogP contribution in [0.3, 0.4) is 0 Å². The van der Waals surface area contributed by atoms with Crippen LogP contribution in [0.2, 0.25) is 0 Å². The molecule has 1 amide bonds. The molecule has 17 heavy (non-hydrogen) atoms. The van der Waals surface area contributed by atoms with Gasteiger partial charge in [0.1, 0.15) is 11.7 Å². The Kier molecular flexibility index (Phi) is 3.58. The molecular weight excluding hydrogens is 222 g/mol. The summed E-state index contributed by atoms with van der Waals surface area (Å²) in [6, 6.07) is 0.0554. The molecule has 0 bridgehead atoms. The van der Waals surface area contributed by atoms with E-state index in [1.165, 1.54) is 0 Å². The van der Waals surface area contributed by atoms with Crippen LogP contribution in [0.25, 0.3) is 0 Å². The topological polar surface area (TPSA) is 60.1 Å². The van der Waals surface area contributed by atoms with Crippen molar-refractivity contribution in [2.75, 3.05) is 13.2 Å². The van der Waals surface area contributed by atoms with E-state index in [9.17, 15) is 4.79 Å². The normalized spacial score (nSPS) is 33.0. The van der Waals surface area contributed by atoms with Crippen LogP contribution in [0.15, 0.2) is 0 Å². The molecule has 0 aromatic carbocycles. The van der Waals surface area contributed by atoms with E-state index in [1.54, 1.807) is 0 Å². The summed E-state index contributed by atoms with van der Waals surface area (Å²) in [6.07, 6.45) is 1.99. The number of carbonyl (C=O) groups is 1. The molecule has 0 aliphatic carbocycles. The standard InChI is InChI=1S/C12H21NO4/c1-12(2,3)17-11(14)13-8-4-5-9(15-6-8)10-7-16-10/h8-10H,4-7H2,1-3H3,(H,13,14)/t8-,9+,10?/m1/s1. The SMILES string of the molecule is CC(C)(C)OC(=O)N[C@@H]1CC[C@@H](C2CO2)OC1. The average molecular weight is 243 g/mol. The lowest BCUT2D eigenvalue weighted by atomic mass is 10.0. The Morgan fingerprint density at radius 2 is 1.82 bits per heavy atom. The Morgan fingerprint density at radius 3 is 2.29 bits per heavy atom. The van der Waals surface area contributed by atoms with Gasteiger partial charge in [-0.3, -0.25) is 0 Å². The Hall–Kier alpha value is -0.810. The number of amides is 1. The minimum atomic E-state index is -0.454. The second kappa shape index (κ2) is 4.82. The number of ether oxygens (including phenoxy) is 3. The zero-order valence-electron chi connectivity index (χ0n) is 10.7. The Balaban J connectivity index is 1.68. The number of alkyl carbamates (subject to hydrolysis) is 1. The first-order valence-electron chi connectivity index (χ1n) is 6.17. The quantitative estimate of drug-likeness (QED) is 0.746. The summed E-state index contributed by atoms with van der Waals surface area (Å²) in [4.78, 5) is 11.5. The van der Waals surface area contributed by atoms with Gasteiger partial charge in [0.15, 0.2) is 0 Å². The fourth-order valence-corrected chi connectivity index (χ4v) is 1.92. The number of hydrogen-bond acceptors (Lipinski definition) is 4. The van der Waals surface area contributed by atoms with Crippen molar-refractivity contribution in [2.45, 2.75) is 57.5 Å². The highest BCUT2D eigenvalue weighted by Crippen LogP contribution is 2.25. The van der Waals surface area contributed by atoms with Crippen LogP contribution >= 0.6 is 0 Å². The van der Waals surface area contributed by atoms with E-state index in [1.807, 2.05) is 20.8 Å². The third-order valence-corrected chi connectivity index (χ3v) is 2.81. The first-order valence-corrected chi connectivity index (χ1v) is 6.17. The molecule has 3 atom stereocenters. The maximum atomic E-state index is 11.5. The van der Waals surface area contributed by atoms with Crippen LogP contribution < -0.4 is 5.32 Å². The number of rotatable bonds is 2. The summed E-state index contributed by atoms with van der Waals surface area (Å²) in [5.74, 6) is 0. The van der Waals surface area contributed by atoms with E-state index in [4.69, 9.17) is 14.2 Å². The number of carbonyl (C=O) groups excluding carboxylic acids is 1. The van der Waals surface area contributed by atoms with Gasteiger partial charge in [-0.05, 0) is 33.6 Å². The van der Waals surface area contributed by atoms with Crippen molar-refractivity contribution in [1.82, 2.24) is 5.32 Å². The van der Waals surface area contributed by atoms with Gasteiger partial charge in [0.25, 0.3) is 0 Å². The van der Waals surface area contributed by atoms with Gasteiger partial charge in [-0.1, -0.05) is 0 Å². The molecule has 98 valence electrons. The predicted octanol–water partition coefficient (Wildman–Crippen LogP) is 1.46. The third kappa shape index (κ3) is 4.16. The van der Waals surface area contributed by atoms with Gasteiger partial charge < -0.3 is 19.5 Å². The smallest absolute Gasteiger partial charge is 0.407 e. The lowest BCUT2D eigenvalue weighted by Gasteiger charge is -2.29. The van der Waals surface area contributed by atoms with Crippen LogP contribution in [0, 0.1) is 0 Å². The van der Waals surface area contributed by atoms with Crippen LogP contribution in [-0.2, 0) is 14.2 Å². The molecule has 2 heterocycles. The molecule has 1 unspecified atom stereocenters. The lowest BCUT2D eigenvalue weighted by Crippen LogP contribution is -2.45. The van der Waals surface area contributed by atoms with Crippen molar-refractivity contribution < 1.29 is 19.0 Å². The van der Waals surface area contributed by atoms with Gasteiger partial charge >= 0.3 is 6.09 Å². The summed E-state index contributed by atoms with van der Waals surface area (Å²) in [7, 11) is 0. The fraction of sp³-hybridized carbons (Fsp3) is 0.917. The first kappa shape index (κ1) is 12.6. The van der Waals surface area contributed by atoms with Gasteiger partial charge in [0.2, 0.25) is 0 Å². The van der Waals surface area contributed by atoms with Crippen LogP contribution in [0.4, 0.5) is 4.79 Å². The molecule has 0 radical (unpaired) electrons. The number of epoxide rings is 1. The molecule has 2 fully saturated rings. The maximum absolute atomic E-state index is 11.5. The van der Waals surface area contributed by atoms with E-state index in [2.05, 4.69) is 5.32 Å². The van der Waals surface area contributed by atoms with Gasteiger partial charge in [-0.2, -0.15) is 0 Å². The maximum Gasteiger partial charge on any atom is 0.407 e. The molecule has 2 aliphatic rings. The predicted molar refractivity (Wildman–Crippen MR) is 61.9 cm³/mol. The summed E-state index contributed by atoms with van der Waals surface area (Å²) >= 11 is 0. The van der Waals surface area contributed by atoms with Crippen LogP contribution in [0.5, 0.6) is 0 Å². The number of hydrogen-bond donors (Lipinski definition) is 1. The van der Waals surface area contributed by atoms with E-state index >= 15 is 0 Å². The molecule has 5 heteroatoms. The van der Waals surface area contributed by atoms with Crippen molar-refractivity contribution in [3.05, 3.63) is 0 Å². The highest BCUT2D eigenvalue weighted by molar-refractivity contribution is 5.68. The molecular formula is C12H21NO4. The van der Waals surface area contributed by atoms with Crippen molar-refractivity contribution in [3.8, 4) is 0 Å². The van der Waals surface area contributed by atoms with Crippen LogP contribution in [0.1, 0.15) is 33.6 Å². The zero-order chi connectivity index (χ0) is 12.5. The first-order chi connectivity index (χ1) is 7.94. The van der Waals surface area contributed by atoms with Gasteiger partial charge in [0.05, 0.1) is 25.4 Å². The van der Waals surface area contributed by atoms with Gasteiger partial charge in [-0.15, -0.1) is 0 Å². The van der Waals surface area contributed by atoms with Gasteiger partial charge in [0, 0.05) is 0 Å². The van der Waals surface area contributed by atoms with Crippen molar-refractivity contribution in [1.29, 1.82) is 0 Å². The van der Waals surface area contributed by atoms with Crippen molar-refractivity contribution in [3.63, 3.8) is 0 Å². The highest BCUT2D eigenvalue weighted by Gasteiger charge is 2.37. The van der Waals surface area contributed by atoms with Gasteiger partial charge in [-0.25, -0.2) is 4.79 Å². The Bertz CT molecular complexity index is 275. The monoisotopic (exact) mass is 243 g/mol.